The van der Waals surface area contributed by atoms with Crippen LogP contribution in [0.15, 0.2) is 51.8 Å². The largest absolute Gasteiger partial charge is 0.239 e. The first-order valence-electron chi connectivity index (χ1n) is 3.68. The van der Waals surface area contributed by atoms with Crippen molar-refractivity contribution in [2.24, 2.45) is 5.14 Å². The van der Waals surface area contributed by atoms with E-state index in [2.05, 4.69) is 12.3 Å². The van der Waals surface area contributed by atoms with Crippen molar-refractivity contribution >= 4 is 21.8 Å². The number of primary sulfonamides is 1. The maximum Gasteiger partial charge on any atom is 0.239 e. The molecule has 5 heteroatoms. The Kier molecular flexibility index (Phi) is 3.55. The summed E-state index contributed by atoms with van der Waals surface area (Å²) >= 11 is 1.22. The fraction of sp³-hybridized carbons (Fsp3) is 0. The molecule has 1 aromatic carbocycles. The SMILES string of the molecule is C=C=CSc1ccccc1S(N)(=O)=O. The maximum atomic E-state index is 11.1. The van der Waals surface area contributed by atoms with Crippen LogP contribution in [0, 0.1) is 0 Å². The van der Waals surface area contributed by atoms with Crippen molar-refractivity contribution < 1.29 is 8.42 Å². The van der Waals surface area contributed by atoms with Gasteiger partial charge in [-0.3, -0.25) is 0 Å². The van der Waals surface area contributed by atoms with E-state index in [1.807, 2.05) is 0 Å². The van der Waals surface area contributed by atoms with Gasteiger partial charge in [-0.15, -0.1) is 5.73 Å². The average Bonchev–Trinajstić information content (AvgIpc) is 2.14. The molecule has 0 radical (unpaired) electrons. The summed E-state index contributed by atoms with van der Waals surface area (Å²) in [7, 11) is -3.65. The van der Waals surface area contributed by atoms with Crippen LogP contribution in [0.1, 0.15) is 0 Å². The molecule has 3 nitrogen and oxygen atoms in total. The van der Waals surface area contributed by atoms with Gasteiger partial charge in [0.2, 0.25) is 10.0 Å². The van der Waals surface area contributed by atoms with Crippen molar-refractivity contribution in [2.75, 3.05) is 0 Å². The lowest BCUT2D eigenvalue weighted by Gasteiger charge is -2.02. The summed E-state index contributed by atoms with van der Waals surface area (Å²) in [5, 5.41) is 6.61. The monoisotopic (exact) mass is 227 g/mol. The van der Waals surface area contributed by atoms with Gasteiger partial charge < -0.3 is 0 Å². The highest BCUT2D eigenvalue weighted by Crippen LogP contribution is 2.25. The zero-order chi connectivity index (χ0) is 10.6. The Bertz CT molecular complexity index is 473. The topological polar surface area (TPSA) is 60.2 Å². The Morgan fingerprint density at radius 1 is 1.43 bits per heavy atom. The second-order valence-corrected chi connectivity index (χ2v) is 4.87. The molecule has 0 fully saturated rings. The first-order chi connectivity index (χ1) is 6.55. The van der Waals surface area contributed by atoms with Crippen LogP contribution in [0.3, 0.4) is 0 Å². The quantitative estimate of drug-likeness (QED) is 0.632. The third kappa shape index (κ3) is 2.75. The molecule has 1 aromatic rings. The van der Waals surface area contributed by atoms with Gasteiger partial charge in [0.05, 0.1) is 4.90 Å². The summed E-state index contributed by atoms with van der Waals surface area (Å²) in [5.41, 5.74) is 2.55. The minimum Gasteiger partial charge on any atom is -0.225 e. The van der Waals surface area contributed by atoms with Crippen LogP contribution in [0.2, 0.25) is 0 Å². The van der Waals surface area contributed by atoms with Crippen molar-refractivity contribution in [2.45, 2.75) is 9.79 Å². The van der Waals surface area contributed by atoms with E-state index in [1.54, 1.807) is 23.6 Å². The summed E-state index contributed by atoms with van der Waals surface area (Å²) in [6.45, 7) is 3.39. The van der Waals surface area contributed by atoms with Crippen LogP contribution >= 0.6 is 11.8 Å². The van der Waals surface area contributed by atoms with E-state index in [-0.39, 0.29) is 4.90 Å². The predicted molar refractivity (Wildman–Crippen MR) is 57.4 cm³/mol. The molecule has 0 saturated heterocycles. The van der Waals surface area contributed by atoms with Crippen molar-refractivity contribution in [3.8, 4) is 0 Å². The summed E-state index contributed by atoms with van der Waals surface area (Å²) in [4.78, 5) is 0.697. The number of sulfonamides is 1. The highest BCUT2D eigenvalue weighted by atomic mass is 32.2. The minimum absolute atomic E-state index is 0.122. The molecule has 0 amide bonds. The molecule has 1 rings (SSSR count). The van der Waals surface area contributed by atoms with Crippen LogP contribution < -0.4 is 5.14 Å². The fourth-order valence-corrected chi connectivity index (χ4v) is 2.55. The van der Waals surface area contributed by atoms with Gasteiger partial charge in [-0.05, 0) is 12.1 Å². The molecule has 0 heterocycles. The number of nitrogens with two attached hydrogens (primary N) is 1. The van der Waals surface area contributed by atoms with Crippen LogP contribution in [0.4, 0.5) is 0 Å². The molecule has 0 saturated carbocycles. The lowest BCUT2D eigenvalue weighted by Crippen LogP contribution is -2.12. The molecule has 2 N–H and O–H groups in total. The first-order valence-corrected chi connectivity index (χ1v) is 6.11. The molecule has 0 aromatic heterocycles. The normalized spacial score (nSPS) is 10.6. The fourth-order valence-electron chi connectivity index (χ4n) is 0.888. The van der Waals surface area contributed by atoms with Gasteiger partial charge in [-0.2, -0.15) is 0 Å². The van der Waals surface area contributed by atoms with E-state index >= 15 is 0 Å². The van der Waals surface area contributed by atoms with E-state index in [0.717, 1.165) is 0 Å². The summed E-state index contributed by atoms with van der Waals surface area (Å²) < 4.78 is 22.3. The van der Waals surface area contributed by atoms with Gasteiger partial charge in [0.25, 0.3) is 0 Å². The van der Waals surface area contributed by atoms with Gasteiger partial charge in [0, 0.05) is 10.3 Å². The van der Waals surface area contributed by atoms with Gasteiger partial charge in [0.15, 0.2) is 0 Å². The number of hydrogen-bond acceptors (Lipinski definition) is 3. The Balaban J connectivity index is 3.23. The number of rotatable bonds is 3. The second-order valence-electron chi connectivity index (χ2n) is 2.43. The standard InChI is InChI=1S/C9H9NO2S2/c1-2-7-13-8-5-3-4-6-9(8)14(10,11)12/h3-7H,1H2,(H2,10,11,12). The zero-order valence-corrected chi connectivity index (χ0v) is 8.94. The van der Waals surface area contributed by atoms with Gasteiger partial charge in [0.1, 0.15) is 0 Å². The molecular formula is C9H9NO2S2. The van der Waals surface area contributed by atoms with Gasteiger partial charge in [-0.1, -0.05) is 30.5 Å². The molecular weight excluding hydrogens is 218 g/mol. The molecule has 0 aliphatic heterocycles. The van der Waals surface area contributed by atoms with Crippen LogP contribution in [-0.4, -0.2) is 8.42 Å². The third-order valence-electron chi connectivity index (χ3n) is 1.42. The Hall–Kier alpha value is -1.00. The van der Waals surface area contributed by atoms with Crippen LogP contribution in [0.25, 0.3) is 0 Å². The number of hydrogen-bond donors (Lipinski definition) is 1. The lowest BCUT2D eigenvalue weighted by molar-refractivity contribution is 0.596. The molecule has 14 heavy (non-hydrogen) atoms. The molecule has 0 unspecified atom stereocenters. The molecule has 0 atom stereocenters. The summed E-state index contributed by atoms with van der Waals surface area (Å²) in [5.74, 6) is 0. The van der Waals surface area contributed by atoms with Crippen molar-refractivity contribution in [3.63, 3.8) is 0 Å². The highest BCUT2D eigenvalue weighted by molar-refractivity contribution is 8.02. The van der Waals surface area contributed by atoms with Gasteiger partial charge in [-0.25, -0.2) is 13.6 Å². The molecule has 0 spiro atoms. The first kappa shape index (κ1) is 11.1. The van der Waals surface area contributed by atoms with E-state index < -0.39 is 10.0 Å². The average molecular weight is 227 g/mol. The van der Waals surface area contributed by atoms with Crippen molar-refractivity contribution in [1.82, 2.24) is 0 Å². The Labute approximate surface area is 87.4 Å². The zero-order valence-electron chi connectivity index (χ0n) is 7.30. The lowest BCUT2D eigenvalue weighted by atomic mass is 10.4. The van der Waals surface area contributed by atoms with E-state index in [1.165, 1.54) is 17.8 Å². The molecule has 74 valence electrons. The van der Waals surface area contributed by atoms with E-state index in [9.17, 15) is 8.42 Å². The van der Waals surface area contributed by atoms with E-state index in [4.69, 9.17) is 5.14 Å². The second kappa shape index (κ2) is 4.48. The van der Waals surface area contributed by atoms with Crippen LogP contribution in [-0.2, 0) is 10.0 Å². The van der Waals surface area contributed by atoms with Crippen molar-refractivity contribution in [1.29, 1.82) is 0 Å². The van der Waals surface area contributed by atoms with Gasteiger partial charge >= 0.3 is 0 Å². The Morgan fingerprint density at radius 2 is 2.07 bits per heavy atom. The predicted octanol–water partition coefficient (Wildman–Crippen LogP) is 1.72. The highest BCUT2D eigenvalue weighted by Gasteiger charge is 2.12. The minimum atomic E-state index is -3.65. The van der Waals surface area contributed by atoms with Crippen molar-refractivity contribution in [3.05, 3.63) is 42.0 Å². The number of thioether (sulfide) groups is 1. The maximum absolute atomic E-state index is 11.1. The summed E-state index contributed by atoms with van der Waals surface area (Å²) in [6, 6.07) is 6.52. The van der Waals surface area contributed by atoms with E-state index in [0.29, 0.717) is 4.90 Å². The number of benzene rings is 1. The summed E-state index contributed by atoms with van der Waals surface area (Å²) in [6.07, 6.45) is 0. The molecule has 0 bridgehead atoms. The Morgan fingerprint density at radius 3 is 2.64 bits per heavy atom. The molecule has 0 aliphatic carbocycles. The van der Waals surface area contributed by atoms with Crippen LogP contribution in [0.5, 0.6) is 0 Å². The third-order valence-corrected chi connectivity index (χ3v) is 3.42. The molecule has 0 aliphatic rings. The smallest absolute Gasteiger partial charge is 0.225 e.